The van der Waals surface area contributed by atoms with E-state index >= 15 is 0 Å². The molecule has 1 amide bonds. The lowest BCUT2D eigenvalue weighted by atomic mass is 10.2. The molecule has 0 saturated heterocycles. The van der Waals surface area contributed by atoms with Gasteiger partial charge < -0.3 is 11.1 Å². The van der Waals surface area contributed by atoms with Crippen molar-refractivity contribution in [1.29, 1.82) is 0 Å². The van der Waals surface area contributed by atoms with Gasteiger partial charge in [-0.05, 0) is 24.3 Å². The van der Waals surface area contributed by atoms with Crippen LogP contribution < -0.4 is 11.1 Å². The molecule has 0 aliphatic heterocycles. The third-order valence-corrected chi connectivity index (χ3v) is 2.93. The van der Waals surface area contributed by atoms with E-state index in [1.807, 2.05) is 24.3 Å². The van der Waals surface area contributed by atoms with Crippen LogP contribution in [0.4, 0.5) is 0 Å². The predicted octanol–water partition coefficient (Wildman–Crippen LogP) is 1.88. The molecule has 0 saturated carbocycles. The number of hydrogen-bond acceptors (Lipinski definition) is 3. The second kappa shape index (κ2) is 6.55. The van der Waals surface area contributed by atoms with E-state index < -0.39 is 0 Å². The van der Waals surface area contributed by atoms with Gasteiger partial charge >= 0.3 is 0 Å². The molecule has 0 radical (unpaired) electrons. The molecule has 1 rings (SSSR count). The number of carbonyl (C=O) groups excluding carboxylic acids is 1. The van der Waals surface area contributed by atoms with Gasteiger partial charge in [-0.2, -0.15) is 0 Å². The fraction of sp³-hybridized carbons (Fsp3) is 0.417. The highest BCUT2D eigenvalue weighted by Crippen LogP contribution is 2.22. The molecule has 0 unspecified atom stereocenters. The Morgan fingerprint density at radius 2 is 2.00 bits per heavy atom. The Hall–Kier alpha value is -1.00. The molecule has 0 spiro atoms. The molecule has 0 fully saturated rings. The maximum absolute atomic E-state index is 11.6. The summed E-state index contributed by atoms with van der Waals surface area (Å²) in [7, 11) is 0. The molecule has 0 heterocycles. The highest BCUT2D eigenvalue weighted by atomic mass is 32.2. The van der Waals surface area contributed by atoms with Gasteiger partial charge in [0.1, 0.15) is 0 Å². The average molecular weight is 238 g/mol. The molecule has 0 aliphatic carbocycles. The molecule has 4 heteroatoms. The summed E-state index contributed by atoms with van der Waals surface area (Å²) in [5.41, 5.74) is 6.00. The molecule has 0 atom stereocenters. The van der Waals surface area contributed by atoms with E-state index in [4.69, 9.17) is 5.73 Å². The molecule has 16 heavy (non-hydrogen) atoms. The molecule has 88 valence electrons. The molecule has 0 aromatic heterocycles. The first-order valence-corrected chi connectivity index (χ1v) is 6.26. The molecule has 0 bridgehead atoms. The average Bonchev–Trinajstić information content (AvgIpc) is 2.26. The first kappa shape index (κ1) is 13.1. The van der Waals surface area contributed by atoms with E-state index in [2.05, 4.69) is 19.2 Å². The van der Waals surface area contributed by atoms with Crippen LogP contribution in [0.2, 0.25) is 0 Å². The molecule has 3 nitrogen and oxygen atoms in total. The van der Waals surface area contributed by atoms with E-state index in [1.165, 1.54) is 4.90 Å². The minimum absolute atomic E-state index is 0.0634. The van der Waals surface area contributed by atoms with Crippen molar-refractivity contribution in [2.75, 3.05) is 13.1 Å². The fourth-order valence-electron chi connectivity index (χ4n) is 1.24. The quantitative estimate of drug-likeness (QED) is 0.770. The summed E-state index contributed by atoms with van der Waals surface area (Å²) in [6.07, 6.45) is 0. The van der Waals surface area contributed by atoms with E-state index in [0.717, 1.165) is 0 Å². The first-order valence-electron chi connectivity index (χ1n) is 5.38. The zero-order valence-electron chi connectivity index (χ0n) is 9.69. The van der Waals surface area contributed by atoms with E-state index in [1.54, 1.807) is 11.8 Å². The van der Waals surface area contributed by atoms with Crippen LogP contribution in [0, 0.1) is 0 Å². The summed E-state index contributed by atoms with van der Waals surface area (Å²) in [6, 6.07) is 7.64. The van der Waals surface area contributed by atoms with Crippen LogP contribution in [0.5, 0.6) is 0 Å². The van der Waals surface area contributed by atoms with Gasteiger partial charge in [0.15, 0.2) is 0 Å². The Balaban J connectivity index is 2.60. The molecular weight excluding hydrogens is 220 g/mol. The third kappa shape index (κ3) is 4.24. The molecular formula is C12H18N2OS. The highest BCUT2D eigenvalue weighted by molar-refractivity contribution is 7.99. The lowest BCUT2D eigenvalue weighted by Gasteiger charge is -2.06. The summed E-state index contributed by atoms with van der Waals surface area (Å²) in [6.45, 7) is 5.27. The van der Waals surface area contributed by atoms with Gasteiger partial charge in [0.2, 0.25) is 0 Å². The van der Waals surface area contributed by atoms with Gasteiger partial charge in [-0.3, -0.25) is 4.79 Å². The second-order valence-corrected chi connectivity index (χ2v) is 5.39. The molecule has 1 aromatic carbocycles. The van der Waals surface area contributed by atoms with E-state index in [9.17, 15) is 4.79 Å². The van der Waals surface area contributed by atoms with Gasteiger partial charge in [-0.15, -0.1) is 11.8 Å². The van der Waals surface area contributed by atoms with Gasteiger partial charge in [-0.1, -0.05) is 13.8 Å². The van der Waals surface area contributed by atoms with Crippen LogP contribution in [0.15, 0.2) is 29.2 Å². The smallest absolute Gasteiger partial charge is 0.251 e. The Labute approximate surface area is 101 Å². The number of carbonyl (C=O) groups is 1. The standard InChI is InChI=1S/C12H18N2OS/c1-9(2)16-11-5-3-10(4-6-11)12(15)14-8-7-13/h3-6,9H,7-8,13H2,1-2H3,(H,14,15). The number of amides is 1. The lowest BCUT2D eigenvalue weighted by molar-refractivity contribution is 0.0954. The van der Waals surface area contributed by atoms with Crippen LogP contribution >= 0.6 is 11.8 Å². The topological polar surface area (TPSA) is 55.1 Å². The zero-order chi connectivity index (χ0) is 12.0. The number of rotatable bonds is 5. The Morgan fingerprint density at radius 3 is 2.50 bits per heavy atom. The highest BCUT2D eigenvalue weighted by Gasteiger charge is 2.04. The van der Waals surface area contributed by atoms with Crippen molar-refractivity contribution in [1.82, 2.24) is 5.32 Å². The van der Waals surface area contributed by atoms with Crippen molar-refractivity contribution in [2.45, 2.75) is 24.0 Å². The number of benzene rings is 1. The summed E-state index contributed by atoms with van der Waals surface area (Å²) in [4.78, 5) is 12.7. The van der Waals surface area contributed by atoms with Crippen LogP contribution in [0.25, 0.3) is 0 Å². The Bertz CT molecular complexity index is 335. The van der Waals surface area contributed by atoms with Crippen molar-refractivity contribution in [3.63, 3.8) is 0 Å². The second-order valence-electron chi connectivity index (χ2n) is 3.74. The normalized spacial score (nSPS) is 10.5. The monoisotopic (exact) mass is 238 g/mol. The number of thioether (sulfide) groups is 1. The van der Waals surface area contributed by atoms with Crippen molar-refractivity contribution in [2.24, 2.45) is 5.73 Å². The Morgan fingerprint density at radius 1 is 1.38 bits per heavy atom. The lowest BCUT2D eigenvalue weighted by Crippen LogP contribution is -2.28. The summed E-state index contributed by atoms with van der Waals surface area (Å²) < 4.78 is 0. The van der Waals surface area contributed by atoms with Crippen LogP contribution in [-0.4, -0.2) is 24.2 Å². The minimum atomic E-state index is -0.0634. The maximum atomic E-state index is 11.6. The number of hydrogen-bond donors (Lipinski definition) is 2. The van der Waals surface area contributed by atoms with Gasteiger partial charge in [0.05, 0.1) is 0 Å². The largest absolute Gasteiger partial charge is 0.351 e. The van der Waals surface area contributed by atoms with Crippen molar-refractivity contribution < 1.29 is 4.79 Å². The molecule has 1 aromatic rings. The SMILES string of the molecule is CC(C)Sc1ccc(C(=O)NCCN)cc1. The Kier molecular flexibility index (Phi) is 5.35. The minimum Gasteiger partial charge on any atom is -0.351 e. The molecule has 0 aliphatic rings. The van der Waals surface area contributed by atoms with Crippen molar-refractivity contribution >= 4 is 17.7 Å². The number of nitrogens with two attached hydrogens (primary N) is 1. The third-order valence-electron chi connectivity index (χ3n) is 1.92. The first-order chi connectivity index (χ1) is 7.63. The van der Waals surface area contributed by atoms with Crippen molar-refractivity contribution in [3.05, 3.63) is 29.8 Å². The van der Waals surface area contributed by atoms with Crippen LogP contribution in [0.1, 0.15) is 24.2 Å². The van der Waals surface area contributed by atoms with Gasteiger partial charge in [0.25, 0.3) is 5.91 Å². The van der Waals surface area contributed by atoms with Crippen LogP contribution in [0.3, 0.4) is 0 Å². The van der Waals surface area contributed by atoms with Crippen molar-refractivity contribution in [3.8, 4) is 0 Å². The van der Waals surface area contributed by atoms with Crippen LogP contribution in [-0.2, 0) is 0 Å². The predicted molar refractivity (Wildman–Crippen MR) is 68.8 cm³/mol. The fourth-order valence-corrected chi connectivity index (χ4v) is 2.08. The van der Waals surface area contributed by atoms with Gasteiger partial charge in [-0.25, -0.2) is 0 Å². The summed E-state index contributed by atoms with van der Waals surface area (Å²) >= 11 is 1.78. The van der Waals surface area contributed by atoms with Gasteiger partial charge in [0, 0.05) is 28.8 Å². The number of nitrogens with one attached hydrogen (secondary N) is 1. The molecule has 3 N–H and O–H groups in total. The summed E-state index contributed by atoms with van der Waals surface area (Å²) in [5, 5.41) is 3.29. The zero-order valence-corrected chi connectivity index (χ0v) is 10.5. The maximum Gasteiger partial charge on any atom is 0.251 e. The van der Waals surface area contributed by atoms with E-state index in [-0.39, 0.29) is 5.91 Å². The van der Waals surface area contributed by atoms with E-state index in [0.29, 0.717) is 23.9 Å². The summed E-state index contributed by atoms with van der Waals surface area (Å²) in [5.74, 6) is -0.0634.